The molecular weight excluding hydrogens is 772 g/mol. The number of ether oxygens (including phenoxy) is 3. The Labute approximate surface area is 355 Å². The van der Waals surface area contributed by atoms with Crippen molar-refractivity contribution < 1.29 is 28.5 Å². The van der Waals surface area contributed by atoms with Gasteiger partial charge in [0.05, 0.1) is 31.8 Å². The van der Waals surface area contributed by atoms with Crippen molar-refractivity contribution in [3.63, 3.8) is 0 Å². The Morgan fingerprint density at radius 3 is 1.71 bits per heavy atom. The van der Waals surface area contributed by atoms with Crippen molar-refractivity contribution in [2.75, 3.05) is 13.2 Å². The van der Waals surface area contributed by atoms with Gasteiger partial charge in [-0.05, 0) is 56.9 Å². The van der Waals surface area contributed by atoms with Crippen molar-refractivity contribution in [1.29, 1.82) is 0 Å². The highest BCUT2D eigenvalue weighted by Gasteiger charge is 2.50. The van der Waals surface area contributed by atoms with Crippen LogP contribution in [0.3, 0.4) is 0 Å². The second-order valence-electron chi connectivity index (χ2n) is 16.5. The SMILES string of the molecule is CC(C)(C)[Si](OC/C1=C/C/C=C(\Cl)CC[C@@H]2C[C@@H](OC(=O)C[C@H]1O)[C@@H](COC(c1ccccc1)(c1ccccc1)c1ccccc1)O2)(c1ccccc1)c1ccccc1. The summed E-state index contributed by atoms with van der Waals surface area (Å²) in [7, 11) is -2.94. The van der Waals surface area contributed by atoms with E-state index in [4.69, 9.17) is 30.2 Å². The van der Waals surface area contributed by atoms with E-state index in [2.05, 4.69) is 81.4 Å². The average molecular weight is 828 g/mol. The number of hydrogen-bond donors (Lipinski definition) is 1. The molecule has 4 atom stereocenters. The summed E-state index contributed by atoms with van der Waals surface area (Å²) in [6, 6.07) is 51.4. The number of aliphatic hydroxyl groups is 1. The molecule has 5 aromatic carbocycles. The summed E-state index contributed by atoms with van der Waals surface area (Å²) in [6.07, 6.45) is 3.46. The molecule has 0 spiro atoms. The first kappa shape index (κ1) is 42.5. The Kier molecular flexibility index (Phi) is 13.8. The maximum Gasteiger partial charge on any atom is 0.309 e. The van der Waals surface area contributed by atoms with Crippen LogP contribution in [0.15, 0.2) is 174 Å². The van der Waals surface area contributed by atoms with E-state index < -0.39 is 38.2 Å². The molecule has 5 aromatic rings. The first-order chi connectivity index (χ1) is 28.6. The highest BCUT2D eigenvalue weighted by Crippen LogP contribution is 2.42. The summed E-state index contributed by atoms with van der Waals surface area (Å²) in [4.78, 5) is 13.9. The van der Waals surface area contributed by atoms with Gasteiger partial charge in [-0.2, -0.15) is 0 Å². The molecule has 2 aliphatic rings. The zero-order valence-electron chi connectivity index (χ0n) is 34.2. The zero-order chi connectivity index (χ0) is 41.3. The van der Waals surface area contributed by atoms with Crippen LogP contribution < -0.4 is 10.4 Å². The fourth-order valence-electron chi connectivity index (χ4n) is 8.72. The van der Waals surface area contributed by atoms with Gasteiger partial charge >= 0.3 is 5.97 Å². The number of rotatable bonds is 11. The molecule has 2 heterocycles. The summed E-state index contributed by atoms with van der Waals surface area (Å²) in [6.45, 7) is 6.95. The van der Waals surface area contributed by atoms with E-state index in [1.54, 1.807) is 0 Å². The standard InChI is InChI=1S/C51H55ClO6Si/c1-50(2,3)59(44-28-15-7-16-29-44,45-30-17-8-18-31-45)56-36-38-20-19-27-42(52)32-33-43-34-47(58-49(54)35-46(38)53)48(57-43)37-55-51(39-21-9-4-10-22-39,40-23-11-5-12-24-40)41-25-13-6-14-26-41/h4-18,20-31,43,46-48,53H,19,32-37H2,1-3H3/b38-20-,42-27-/t43-,46-,47-,48-/m1/s1. The third-order valence-electron chi connectivity index (χ3n) is 11.6. The summed E-state index contributed by atoms with van der Waals surface area (Å²) in [5.74, 6) is -0.501. The largest absolute Gasteiger partial charge is 0.459 e. The average Bonchev–Trinajstić information content (AvgIpc) is 3.64. The molecule has 0 aliphatic carbocycles. The van der Waals surface area contributed by atoms with Crippen molar-refractivity contribution in [2.24, 2.45) is 0 Å². The zero-order valence-corrected chi connectivity index (χ0v) is 36.0. The topological polar surface area (TPSA) is 74.2 Å². The highest BCUT2D eigenvalue weighted by molar-refractivity contribution is 6.99. The molecule has 6 nitrogen and oxygen atoms in total. The number of aliphatic hydroxyl groups excluding tert-OH is 1. The van der Waals surface area contributed by atoms with Crippen molar-refractivity contribution in [2.45, 2.75) is 87.9 Å². The number of hydrogen-bond acceptors (Lipinski definition) is 6. The van der Waals surface area contributed by atoms with Gasteiger partial charge in [-0.25, -0.2) is 0 Å². The number of benzene rings is 5. The first-order valence-corrected chi connectivity index (χ1v) is 23.0. The minimum absolute atomic E-state index is 0.138. The van der Waals surface area contributed by atoms with Crippen LogP contribution in [0, 0.1) is 0 Å². The van der Waals surface area contributed by atoms with Crippen molar-refractivity contribution in [3.05, 3.63) is 191 Å². The van der Waals surface area contributed by atoms with E-state index in [1.165, 1.54) is 0 Å². The number of esters is 1. The Bertz CT molecular complexity index is 2020. The maximum atomic E-state index is 13.9. The molecule has 2 aliphatic heterocycles. The van der Waals surface area contributed by atoms with Gasteiger partial charge in [0.1, 0.15) is 17.8 Å². The van der Waals surface area contributed by atoms with Gasteiger partial charge in [-0.15, -0.1) is 0 Å². The smallest absolute Gasteiger partial charge is 0.309 e. The molecule has 1 N–H and O–H groups in total. The summed E-state index contributed by atoms with van der Waals surface area (Å²) >= 11 is 6.84. The van der Waals surface area contributed by atoms with Crippen LogP contribution in [-0.2, 0) is 29.0 Å². The highest BCUT2D eigenvalue weighted by atomic mass is 35.5. The predicted molar refractivity (Wildman–Crippen MR) is 238 cm³/mol. The number of allylic oxidation sites excluding steroid dienone is 3. The minimum Gasteiger partial charge on any atom is -0.459 e. The number of carbonyl (C=O) groups excluding carboxylic acids is 1. The Hall–Kier alpha value is -4.60. The molecule has 0 saturated carbocycles. The van der Waals surface area contributed by atoms with Crippen LogP contribution in [0.2, 0.25) is 5.04 Å². The number of carbonyl (C=O) groups is 1. The lowest BCUT2D eigenvalue weighted by Crippen LogP contribution is -2.66. The third kappa shape index (κ3) is 9.57. The summed E-state index contributed by atoms with van der Waals surface area (Å²) in [5, 5.41) is 14.6. The molecule has 1 fully saturated rings. The number of fused-ring (bicyclic) bond motifs is 2. The molecule has 7 rings (SSSR count). The van der Waals surface area contributed by atoms with Gasteiger partial charge in [0.25, 0.3) is 8.32 Å². The van der Waals surface area contributed by atoms with Gasteiger partial charge < -0.3 is 23.7 Å². The van der Waals surface area contributed by atoms with Gasteiger partial charge in [0, 0.05) is 11.5 Å². The van der Waals surface area contributed by atoms with E-state index in [1.807, 2.05) is 103 Å². The van der Waals surface area contributed by atoms with E-state index in [-0.39, 0.29) is 30.8 Å². The van der Waals surface area contributed by atoms with Crippen LogP contribution in [0.4, 0.5) is 0 Å². The quantitative estimate of drug-likeness (QED) is 0.0619. The maximum absolute atomic E-state index is 13.9. The van der Waals surface area contributed by atoms with Gasteiger partial charge in [-0.1, -0.05) is 196 Å². The monoisotopic (exact) mass is 826 g/mol. The van der Waals surface area contributed by atoms with Crippen LogP contribution in [0.25, 0.3) is 0 Å². The van der Waals surface area contributed by atoms with Crippen LogP contribution in [-0.4, -0.2) is 57.0 Å². The lowest BCUT2D eigenvalue weighted by atomic mass is 9.80. The molecule has 2 bridgehead atoms. The lowest BCUT2D eigenvalue weighted by molar-refractivity contribution is -0.157. The van der Waals surface area contributed by atoms with Crippen molar-refractivity contribution >= 4 is 36.3 Å². The Morgan fingerprint density at radius 1 is 0.729 bits per heavy atom. The minimum atomic E-state index is -2.94. The fraction of sp³-hybridized carbons (Fsp3) is 0.314. The summed E-state index contributed by atoms with van der Waals surface area (Å²) in [5.41, 5.74) is 2.56. The van der Waals surface area contributed by atoms with Crippen LogP contribution in [0.5, 0.6) is 0 Å². The molecule has 8 heteroatoms. The third-order valence-corrected chi connectivity index (χ3v) is 17.0. The molecule has 0 amide bonds. The Balaban J connectivity index is 1.15. The molecule has 0 aromatic heterocycles. The molecular formula is C51H55ClO6Si. The second-order valence-corrected chi connectivity index (χ2v) is 21.3. The normalized spacial score (nSPS) is 22.6. The van der Waals surface area contributed by atoms with Crippen molar-refractivity contribution in [1.82, 2.24) is 0 Å². The molecule has 1 saturated heterocycles. The number of halogens is 1. The molecule has 0 unspecified atom stereocenters. The molecule has 306 valence electrons. The molecule has 59 heavy (non-hydrogen) atoms. The van der Waals surface area contributed by atoms with Gasteiger partial charge in [-0.3, -0.25) is 4.79 Å². The van der Waals surface area contributed by atoms with E-state index in [0.717, 1.165) is 27.1 Å². The second kappa shape index (κ2) is 19.2. The van der Waals surface area contributed by atoms with E-state index in [9.17, 15) is 9.90 Å². The Morgan fingerprint density at radius 2 is 1.22 bits per heavy atom. The van der Waals surface area contributed by atoms with Crippen LogP contribution >= 0.6 is 11.6 Å². The fourth-order valence-corrected chi connectivity index (χ4v) is 13.5. The molecule has 0 radical (unpaired) electrons. The van der Waals surface area contributed by atoms with Crippen LogP contribution in [0.1, 0.15) is 69.6 Å². The van der Waals surface area contributed by atoms with Crippen molar-refractivity contribution in [3.8, 4) is 0 Å². The van der Waals surface area contributed by atoms with E-state index in [0.29, 0.717) is 36.3 Å². The van der Waals surface area contributed by atoms with E-state index >= 15 is 0 Å². The van der Waals surface area contributed by atoms with Gasteiger partial charge in [0.15, 0.2) is 0 Å². The summed E-state index contributed by atoms with van der Waals surface area (Å²) < 4.78 is 27.3. The lowest BCUT2D eigenvalue weighted by Gasteiger charge is -2.43. The predicted octanol–water partition coefficient (Wildman–Crippen LogP) is 9.63. The first-order valence-electron chi connectivity index (χ1n) is 20.7. The van der Waals surface area contributed by atoms with Gasteiger partial charge in [0.2, 0.25) is 0 Å².